The van der Waals surface area contributed by atoms with E-state index in [4.69, 9.17) is 4.52 Å². The van der Waals surface area contributed by atoms with Gasteiger partial charge in [-0.1, -0.05) is 18.0 Å². The summed E-state index contributed by atoms with van der Waals surface area (Å²) in [5.74, 6) is 3.74. The van der Waals surface area contributed by atoms with Crippen LogP contribution in [-0.4, -0.2) is 15.2 Å². The van der Waals surface area contributed by atoms with E-state index in [0.717, 1.165) is 23.3 Å². The maximum Gasteiger partial charge on any atom is 0.230 e. The summed E-state index contributed by atoms with van der Waals surface area (Å²) in [7, 11) is 0. The zero-order valence-corrected chi connectivity index (χ0v) is 10.6. The normalized spacial score (nSPS) is 28.9. The van der Waals surface area contributed by atoms with Crippen LogP contribution < -0.4 is 0 Å². The fourth-order valence-electron chi connectivity index (χ4n) is 3.46. The molecule has 2 aliphatic carbocycles. The Morgan fingerprint density at radius 1 is 1.05 bits per heavy atom. The molecule has 1 aromatic heterocycles. The molecule has 0 saturated heterocycles. The largest absolute Gasteiger partial charge is 0.508 e. The summed E-state index contributed by atoms with van der Waals surface area (Å²) in [5, 5.41) is 13.4. The molecule has 1 N–H and O–H groups in total. The molecular formula is C15H16N2O2. The molecule has 0 aliphatic heterocycles. The van der Waals surface area contributed by atoms with Crippen molar-refractivity contribution < 1.29 is 9.63 Å². The highest BCUT2D eigenvalue weighted by atomic mass is 16.5. The summed E-state index contributed by atoms with van der Waals surface area (Å²) in [4.78, 5) is 4.54. The van der Waals surface area contributed by atoms with Crippen LogP contribution in [-0.2, 0) is 0 Å². The zero-order valence-electron chi connectivity index (χ0n) is 10.6. The minimum atomic E-state index is 0.251. The molecule has 2 aromatic rings. The average molecular weight is 256 g/mol. The molecule has 2 aliphatic rings. The molecule has 2 saturated carbocycles. The van der Waals surface area contributed by atoms with Crippen LogP contribution in [0.3, 0.4) is 0 Å². The van der Waals surface area contributed by atoms with Crippen molar-refractivity contribution in [2.24, 2.45) is 11.8 Å². The number of phenolic OH excluding ortho intramolecular Hbond substituents is 1. The van der Waals surface area contributed by atoms with Crippen molar-refractivity contribution in [3.05, 3.63) is 30.2 Å². The summed E-state index contributed by atoms with van der Waals surface area (Å²) < 4.78 is 5.44. The van der Waals surface area contributed by atoms with E-state index in [1.165, 1.54) is 25.7 Å². The summed E-state index contributed by atoms with van der Waals surface area (Å²) in [6.07, 6.45) is 5.31. The fraction of sp³-hybridized carbons (Fsp3) is 0.467. The summed E-state index contributed by atoms with van der Waals surface area (Å²) in [6, 6.07) is 6.90. The third kappa shape index (κ3) is 1.82. The summed E-state index contributed by atoms with van der Waals surface area (Å²) in [5.41, 5.74) is 0.886. The first-order valence-electron chi connectivity index (χ1n) is 6.96. The predicted molar refractivity (Wildman–Crippen MR) is 69.6 cm³/mol. The average Bonchev–Trinajstić information content (AvgIpc) is 2.97. The van der Waals surface area contributed by atoms with Crippen LogP contribution in [0.5, 0.6) is 5.75 Å². The molecule has 4 nitrogen and oxygen atoms in total. The Morgan fingerprint density at radius 3 is 2.42 bits per heavy atom. The van der Waals surface area contributed by atoms with E-state index in [1.807, 2.05) is 12.1 Å². The second kappa shape index (κ2) is 4.08. The molecule has 98 valence electrons. The van der Waals surface area contributed by atoms with E-state index in [0.29, 0.717) is 11.7 Å². The minimum Gasteiger partial charge on any atom is -0.508 e. The van der Waals surface area contributed by atoms with E-state index in [9.17, 15) is 5.11 Å². The number of hydrogen-bond donors (Lipinski definition) is 1. The van der Waals surface area contributed by atoms with Gasteiger partial charge in [-0.25, -0.2) is 0 Å². The lowest BCUT2D eigenvalue weighted by atomic mass is 10.0. The van der Waals surface area contributed by atoms with Gasteiger partial charge in [-0.05, 0) is 48.9 Å². The second-order valence-corrected chi connectivity index (χ2v) is 5.64. The Balaban J connectivity index is 1.58. The molecule has 2 fully saturated rings. The topological polar surface area (TPSA) is 59.2 Å². The molecule has 0 amide bonds. The third-order valence-electron chi connectivity index (χ3n) is 4.51. The van der Waals surface area contributed by atoms with Gasteiger partial charge >= 0.3 is 0 Å². The van der Waals surface area contributed by atoms with Crippen LogP contribution in [0.4, 0.5) is 0 Å². The first kappa shape index (κ1) is 11.0. The monoisotopic (exact) mass is 256 g/mol. The second-order valence-electron chi connectivity index (χ2n) is 5.64. The maximum absolute atomic E-state index is 9.28. The highest BCUT2D eigenvalue weighted by Gasteiger charge is 2.54. The van der Waals surface area contributed by atoms with Crippen molar-refractivity contribution in [2.45, 2.75) is 31.6 Å². The smallest absolute Gasteiger partial charge is 0.230 e. The zero-order chi connectivity index (χ0) is 12.8. The quantitative estimate of drug-likeness (QED) is 0.895. The Morgan fingerprint density at radius 2 is 1.74 bits per heavy atom. The van der Waals surface area contributed by atoms with E-state index < -0.39 is 0 Å². The van der Waals surface area contributed by atoms with Gasteiger partial charge in [0.15, 0.2) is 0 Å². The van der Waals surface area contributed by atoms with Gasteiger partial charge in [-0.2, -0.15) is 4.98 Å². The third-order valence-corrected chi connectivity index (χ3v) is 4.51. The molecule has 0 spiro atoms. The maximum atomic E-state index is 9.28. The number of aromatic hydroxyl groups is 1. The number of hydrogen-bond acceptors (Lipinski definition) is 4. The van der Waals surface area contributed by atoms with Crippen LogP contribution in [0.1, 0.15) is 37.5 Å². The van der Waals surface area contributed by atoms with Crippen LogP contribution in [0, 0.1) is 11.8 Å². The molecule has 0 bridgehead atoms. The van der Waals surface area contributed by atoms with Crippen molar-refractivity contribution in [1.29, 1.82) is 0 Å². The lowest BCUT2D eigenvalue weighted by molar-refractivity contribution is 0.373. The lowest BCUT2D eigenvalue weighted by Crippen LogP contribution is -1.91. The lowest BCUT2D eigenvalue weighted by Gasteiger charge is -2.04. The van der Waals surface area contributed by atoms with E-state index in [-0.39, 0.29) is 5.75 Å². The minimum absolute atomic E-state index is 0.251. The number of nitrogens with zero attached hydrogens (tertiary/aromatic N) is 2. The molecule has 4 heteroatoms. The van der Waals surface area contributed by atoms with Gasteiger partial charge in [-0.15, -0.1) is 0 Å². The van der Waals surface area contributed by atoms with Crippen LogP contribution in [0.2, 0.25) is 0 Å². The van der Waals surface area contributed by atoms with E-state index >= 15 is 0 Å². The van der Waals surface area contributed by atoms with E-state index in [1.54, 1.807) is 12.1 Å². The molecule has 2 atom stereocenters. The highest BCUT2D eigenvalue weighted by Crippen LogP contribution is 2.60. The van der Waals surface area contributed by atoms with E-state index in [2.05, 4.69) is 10.1 Å². The Labute approximate surface area is 111 Å². The fourth-order valence-corrected chi connectivity index (χ4v) is 3.46. The molecular weight excluding hydrogens is 240 g/mol. The van der Waals surface area contributed by atoms with Crippen molar-refractivity contribution in [3.63, 3.8) is 0 Å². The number of phenols is 1. The summed E-state index contributed by atoms with van der Waals surface area (Å²) in [6.45, 7) is 0. The Kier molecular flexibility index (Phi) is 2.37. The van der Waals surface area contributed by atoms with Crippen LogP contribution in [0.15, 0.2) is 28.8 Å². The van der Waals surface area contributed by atoms with Crippen molar-refractivity contribution in [3.8, 4) is 17.1 Å². The van der Waals surface area contributed by atoms with Gasteiger partial charge in [0, 0.05) is 11.5 Å². The van der Waals surface area contributed by atoms with Gasteiger partial charge in [-0.3, -0.25) is 0 Å². The SMILES string of the molecule is Oc1ccc(-c2noc(C3C4CCCCC43)n2)cc1. The standard InChI is InChI=1S/C15H16N2O2/c18-10-7-5-9(6-8-10)14-16-15(19-17-14)13-11-3-1-2-4-12(11)13/h5-8,11-13,18H,1-4H2. The van der Waals surface area contributed by atoms with Crippen LogP contribution in [0.25, 0.3) is 11.4 Å². The van der Waals surface area contributed by atoms with Gasteiger partial charge in [0.1, 0.15) is 5.75 Å². The van der Waals surface area contributed by atoms with Gasteiger partial charge < -0.3 is 9.63 Å². The number of aromatic nitrogens is 2. The molecule has 1 aromatic carbocycles. The first-order valence-corrected chi connectivity index (χ1v) is 6.96. The predicted octanol–water partition coefficient (Wildman–Crippen LogP) is 3.35. The number of benzene rings is 1. The van der Waals surface area contributed by atoms with Crippen molar-refractivity contribution in [1.82, 2.24) is 10.1 Å². The Hall–Kier alpha value is -1.84. The molecule has 0 radical (unpaired) electrons. The van der Waals surface area contributed by atoms with Gasteiger partial charge in [0.05, 0.1) is 0 Å². The van der Waals surface area contributed by atoms with Gasteiger partial charge in [0.2, 0.25) is 11.7 Å². The summed E-state index contributed by atoms with van der Waals surface area (Å²) >= 11 is 0. The molecule has 19 heavy (non-hydrogen) atoms. The number of fused-ring (bicyclic) bond motifs is 1. The Bertz CT molecular complexity index is 578. The van der Waals surface area contributed by atoms with Gasteiger partial charge in [0.25, 0.3) is 0 Å². The number of rotatable bonds is 2. The molecule has 4 rings (SSSR count). The van der Waals surface area contributed by atoms with Crippen molar-refractivity contribution >= 4 is 0 Å². The first-order chi connectivity index (χ1) is 9.33. The van der Waals surface area contributed by atoms with Crippen molar-refractivity contribution in [2.75, 3.05) is 0 Å². The molecule has 1 heterocycles. The molecule has 2 unspecified atom stereocenters. The van der Waals surface area contributed by atoms with Crippen LogP contribution >= 0.6 is 0 Å². The highest BCUT2D eigenvalue weighted by molar-refractivity contribution is 5.55.